The van der Waals surface area contributed by atoms with Gasteiger partial charge in [0.15, 0.2) is 0 Å². The molecule has 0 radical (unpaired) electrons. The summed E-state index contributed by atoms with van der Waals surface area (Å²) in [7, 11) is -3.84. The van der Waals surface area contributed by atoms with Gasteiger partial charge in [-0.05, 0) is 23.1 Å². The maximum atomic E-state index is 13.1. The van der Waals surface area contributed by atoms with Crippen molar-refractivity contribution in [1.29, 1.82) is 0 Å². The minimum atomic E-state index is -3.84. The number of amides is 1. The predicted octanol–water partition coefficient (Wildman–Crippen LogP) is 1.70. The standard InChI is InChI=1S/C20H20N4O3S/c21-28(26,27)17-12-22-23(13-17)14-19(25)24-11-10-15-6-4-5-9-18(15)20(24)16-7-2-1-3-8-16/h1-9,12-13,20H,10-11,14H2,(H2,21,26,27)/t20-/m1/s1. The van der Waals surface area contributed by atoms with Crippen LogP contribution in [0, 0.1) is 0 Å². The first-order valence-corrected chi connectivity index (χ1v) is 10.5. The zero-order chi connectivity index (χ0) is 19.7. The molecule has 2 aromatic carbocycles. The van der Waals surface area contributed by atoms with E-state index in [2.05, 4.69) is 17.2 Å². The van der Waals surface area contributed by atoms with Crippen LogP contribution in [0.2, 0.25) is 0 Å². The molecule has 2 N–H and O–H groups in total. The second-order valence-corrected chi connectivity index (χ2v) is 8.33. The first-order valence-electron chi connectivity index (χ1n) is 8.91. The van der Waals surface area contributed by atoms with Crippen LogP contribution in [-0.4, -0.2) is 35.6 Å². The van der Waals surface area contributed by atoms with E-state index in [1.165, 1.54) is 16.4 Å². The third-order valence-corrected chi connectivity index (χ3v) is 5.82. The molecule has 8 heteroatoms. The van der Waals surface area contributed by atoms with Gasteiger partial charge in [0.2, 0.25) is 15.9 Å². The second kappa shape index (κ2) is 7.21. The number of nitrogens with two attached hydrogens (primary N) is 1. The van der Waals surface area contributed by atoms with Crippen molar-refractivity contribution >= 4 is 15.9 Å². The lowest BCUT2D eigenvalue weighted by Gasteiger charge is -2.37. The summed E-state index contributed by atoms with van der Waals surface area (Å²) in [6, 6.07) is 17.8. The van der Waals surface area contributed by atoms with Crippen molar-refractivity contribution in [3.63, 3.8) is 0 Å². The van der Waals surface area contributed by atoms with E-state index in [0.29, 0.717) is 6.54 Å². The lowest BCUT2D eigenvalue weighted by Crippen LogP contribution is -2.42. The quantitative estimate of drug-likeness (QED) is 0.726. The summed E-state index contributed by atoms with van der Waals surface area (Å²) in [5.74, 6) is -0.132. The normalized spacial score (nSPS) is 16.6. The SMILES string of the molecule is NS(=O)(=O)c1cnn(CC(=O)N2CCc3ccccc3[C@H]2c2ccccc2)c1. The molecule has 0 bridgehead atoms. The fourth-order valence-electron chi connectivity index (χ4n) is 3.64. The van der Waals surface area contributed by atoms with Gasteiger partial charge in [0.25, 0.3) is 0 Å². The van der Waals surface area contributed by atoms with Gasteiger partial charge in [-0.1, -0.05) is 54.6 Å². The molecule has 0 saturated heterocycles. The molecule has 4 rings (SSSR count). The van der Waals surface area contributed by atoms with Crippen molar-refractivity contribution in [2.45, 2.75) is 23.9 Å². The van der Waals surface area contributed by atoms with Gasteiger partial charge in [-0.25, -0.2) is 13.6 Å². The third kappa shape index (κ3) is 3.56. The summed E-state index contributed by atoms with van der Waals surface area (Å²) in [4.78, 5) is 14.8. The molecule has 1 aromatic heterocycles. The smallest absolute Gasteiger partial charge is 0.245 e. The molecule has 3 aromatic rings. The lowest BCUT2D eigenvalue weighted by atomic mass is 9.88. The van der Waals surface area contributed by atoms with Gasteiger partial charge in [0, 0.05) is 12.7 Å². The van der Waals surface area contributed by atoms with E-state index >= 15 is 0 Å². The largest absolute Gasteiger partial charge is 0.330 e. The van der Waals surface area contributed by atoms with Gasteiger partial charge in [0.05, 0.1) is 12.2 Å². The molecular formula is C20H20N4O3S. The average Bonchev–Trinajstić information content (AvgIpc) is 3.16. The highest BCUT2D eigenvalue weighted by molar-refractivity contribution is 7.89. The highest BCUT2D eigenvalue weighted by Gasteiger charge is 2.31. The Bertz CT molecular complexity index is 1110. The summed E-state index contributed by atoms with van der Waals surface area (Å²) in [6.07, 6.45) is 3.21. The van der Waals surface area contributed by atoms with Crippen LogP contribution >= 0.6 is 0 Å². The Hall–Kier alpha value is -2.97. The van der Waals surface area contributed by atoms with Crippen LogP contribution in [0.1, 0.15) is 22.7 Å². The highest BCUT2D eigenvalue weighted by Crippen LogP contribution is 2.35. The molecule has 144 valence electrons. The maximum absolute atomic E-state index is 13.1. The van der Waals surface area contributed by atoms with E-state index < -0.39 is 10.0 Å². The Morgan fingerprint density at radius 2 is 1.82 bits per heavy atom. The molecule has 28 heavy (non-hydrogen) atoms. The molecule has 0 aliphatic carbocycles. The Balaban J connectivity index is 1.66. The van der Waals surface area contributed by atoms with E-state index in [9.17, 15) is 13.2 Å². The van der Waals surface area contributed by atoms with E-state index in [4.69, 9.17) is 5.14 Å². The number of aromatic nitrogens is 2. The van der Waals surface area contributed by atoms with Gasteiger partial charge >= 0.3 is 0 Å². The van der Waals surface area contributed by atoms with Crippen molar-refractivity contribution in [3.8, 4) is 0 Å². The first-order chi connectivity index (χ1) is 13.4. The van der Waals surface area contributed by atoms with Gasteiger partial charge in [-0.2, -0.15) is 5.10 Å². The van der Waals surface area contributed by atoms with Crippen LogP contribution in [0.3, 0.4) is 0 Å². The minimum absolute atomic E-state index is 0.0545. The van der Waals surface area contributed by atoms with Crippen molar-refractivity contribution in [2.75, 3.05) is 6.54 Å². The average molecular weight is 396 g/mol. The summed E-state index contributed by atoms with van der Waals surface area (Å²) in [5.41, 5.74) is 3.38. The topological polar surface area (TPSA) is 98.3 Å². The number of hydrogen-bond donors (Lipinski definition) is 1. The molecular weight excluding hydrogens is 376 g/mol. The minimum Gasteiger partial charge on any atom is -0.330 e. The summed E-state index contributed by atoms with van der Waals surface area (Å²) in [5, 5.41) is 9.09. The van der Waals surface area contributed by atoms with Gasteiger partial charge in [-0.15, -0.1) is 0 Å². The highest BCUT2D eigenvalue weighted by atomic mass is 32.2. The number of hydrogen-bond acceptors (Lipinski definition) is 4. The monoisotopic (exact) mass is 396 g/mol. The number of fused-ring (bicyclic) bond motifs is 1. The van der Waals surface area contributed by atoms with Gasteiger partial charge in [0.1, 0.15) is 11.4 Å². The van der Waals surface area contributed by atoms with Crippen LogP contribution in [-0.2, 0) is 27.8 Å². The van der Waals surface area contributed by atoms with Gasteiger partial charge in [-0.3, -0.25) is 9.48 Å². The third-order valence-electron chi connectivity index (χ3n) is 4.95. The Labute approximate surface area is 163 Å². The molecule has 1 aliphatic heterocycles. The Morgan fingerprint density at radius 1 is 1.11 bits per heavy atom. The van der Waals surface area contributed by atoms with E-state index in [0.717, 1.165) is 23.7 Å². The Morgan fingerprint density at radius 3 is 2.54 bits per heavy atom. The van der Waals surface area contributed by atoms with Crippen LogP contribution in [0.25, 0.3) is 0 Å². The van der Waals surface area contributed by atoms with Crippen molar-refractivity contribution in [2.24, 2.45) is 5.14 Å². The summed E-state index contributed by atoms with van der Waals surface area (Å²) in [6.45, 7) is 0.528. The van der Waals surface area contributed by atoms with E-state index in [1.54, 1.807) is 0 Å². The number of nitrogens with zero attached hydrogens (tertiary/aromatic N) is 3. The molecule has 1 atom stereocenters. The van der Waals surface area contributed by atoms with Crippen molar-refractivity contribution < 1.29 is 13.2 Å². The predicted molar refractivity (Wildman–Crippen MR) is 104 cm³/mol. The second-order valence-electron chi connectivity index (χ2n) is 6.77. The van der Waals surface area contributed by atoms with Crippen molar-refractivity contribution in [1.82, 2.24) is 14.7 Å². The van der Waals surface area contributed by atoms with E-state index in [1.807, 2.05) is 47.4 Å². The van der Waals surface area contributed by atoms with Crippen molar-refractivity contribution in [3.05, 3.63) is 83.7 Å². The molecule has 0 unspecified atom stereocenters. The first kappa shape index (κ1) is 18.4. The number of benzene rings is 2. The van der Waals surface area contributed by atoms with Crippen LogP contribution in [0.5, 0.6) is 0 Å². The number of carbonyl (C=O) groups is 1. The summed E-state index contributed by atoms with van der Waals surface area (Å²) >= 11 is 0. The number of carbonyl (C=O) groups excluding carboxylic acids is 1. The zero-order valence-corrected chi connectivity index (χ0v) is 15.9. The summed E-state index contributed by atoms with van der Waals surface area (Å²) < 4.78 is 24.2. The molecule has 1 aliphatic rings. The molecule has 0 saturated carbocycles. The molecule has 2 heterocycles. The molecule has 0 fully saturated rings. The Kier molecular flexibility index (Phi) is 4.74. The van der Waals surface area contributed by atoms with E-state index in [-0.39, 0.29) is 23.4 Å². The van der Waals surface area contributed by atoms with Crippen LogP contribution < -0.4 is 5.14 Å². The number of rotatable bonds is 4. The van der Waals surface area contributed by atoms with Gasteiger partial charge < -0.3 is 4.90 Å². The van der Waals surface area contributed by atoms with Crippen LogP contribution in [0.4, 0.5) is 0 Å². The van der Waals surface area contributed by atoms with Crippen LogP contribution in [0.15, 0.2) is 71.9 Å². The molecule has 0 spiro atoms. The zero-order valence-electron chi connectivity index (χ0n) is 15.1. The lowest BCUT2D eigenvalue weighted by molar-refractivity contribution is -0.134. The number of sulfonamides is 1. The maximum Gasteiger partial charge on any atom is 0.245 e. The number of primary sulfonamides is 1. The fourth-order valence-corrected chi connectivity index (χ4v) is 4.10. The molecule has 7 nitrogen and oxygen atoms in total. The fraction of sp³-hybridized carbons (Fsp3) is 0.200. The molecule has 1 amide bonds.